The molecule has 0 aromatic carbocycles. The number of hydrogen-bond donors (Lipinski definition) is 1. The van der Waals surface area contributed by atoms with Gasteiger partial charge in [0.2, 0.25) is 0 Å². The van der Waals surface area contributed by atoms with Crippen molar-refractivity contribution in [2.45, 2.75) is 38.0 Å². The summed E-state index contributed by atoms with van der Waals surface area (Å²) in [5.41, 5.74) is 0.975. The van der Waals surface area contributed by atoms with Gasteiger partial charge in [0.15, 0.2) is 5.76 Å². The van der Waals surface area contributed by atoms with E-state index in [1.54, 1.807) is 4.90 Å². The Hall–Kier alpha value is -2.27. The SMILES string of the molecule is C[C@H]1[C@H](NC(=O)N2C=CC3OC(C#CCN4CCN(C)CC4)=CC3=C2)C2CCN1CC2. The molecule has 0 aliphatic carbocycles. The summed E-state index contributed by atoms with van der Waals surface area (Å²) in [7, 11) is 2.16. The molecule has 4 fully saturated rings. The number of urea groups is 1. The normalized spacial score (nSPS) is 34.9. The first kappa shape index (κ1) is 20.6. The summed E-state index contributed by atoms with van der Waals surface area (Å²) in [6.07, 6.45) is 9.79. The van der Waals surface area contributed by atoms with Gasteiger partial charge in [0.1, 0.15) is 6.10 Å². The van der Waals surface area contributed by atoms with Gasteiger partial charge in [-0.3, -0.25) is 14.7 Å². The number of hydrogen-bond acceptors (Lipinski definition) is 5. The smallest absolute Gasteiger partial charge is 0.325 e. The summed E-state index contributed by atoms with van der Waals surface area (Å²) in [5, 5.41) is 3.29. The number of amides is 2. The standard InChI is InChI=1S/C24H33N5O2/c1-18-23(19-5-9-28(18)10-6-19)25-24(30)29-11-7-22-20(17-29)16-21(31-22)4-3-8-27-14-12-26(2)13-15-27/h7,11,16-19,22-23H,5-6,8-10,12-15H2,1-2H3,(H,25,30)/t18-,22?,23-/m0/s1. The predicted octanol–water partition coefficient (Wildman–Crippen LogP) is 1.43. The molecule has 1 N–H and O–H groups in total. The highest BCUT2D eigenvalue weighted by Gasteiger charge is 2.41. The van der Waals surface area contributed by atoms with Crippen molar-refractivity contribution in [2.75, 3.05) is 52.9 Å². The summed E-state index contributed by atoms with van der Waals surface area (Å²) in [5.74, 6) is 7.69. The molecule has 7 heteroatoms. The summed E-state index contributed by atoms with van der Waals surface area (Å²) in [6.45, 7) is 9.63. The number of carbonyl (C=O) groups is 1. The van der Waals surface area contributed by atoms with Crippen LogP contribution in [-0.2, 0) is 4.74 Å². The lowest BCUT2D eigenvalue weighted by molar-refractivity contribution is 0.0256. The van der Waals surface area contributed by atoms with Gasteiger partial charge in [-0.2, -0.15) is 0 Å². The van der Waals surface area contributed by atoms with E-state index >= 15 is 0 Å². The van der Waals surface area contributed by atoms with Gasteiger partial charge in [-0.15, -0.1) is 0 Å². The van der Waals surface area contributed by atoms with Crippen LogP contribution in [0.25, 0.3) is 0 Å². The Morgan fingerprint density at radius 3 is 2.71 bits per heavy atom. The molecule has 1 unspecified atom stereocenters. The zero-order chi connectivity index (χ0) is 21.4. The van der Waals surface area contributed by atoms with Crippen molar-refractivity contribution in [1.82, 2.24) is 24.9 Å². The van der Waals surface area contributed by atoms with Crippen LogP contribution >= 0.6 is 0 Å². The van der Waals surface area contributed by atoms with Gasteiger partial charge in [0.05, 0.1) is 6.54 Å². The maximum atomic E-state index is 12.9. The Bertz CT molecular complexity index is 851. The highest BCUT2D eigenvalue weighted by Crippen LogP contribution is 2.32. The zero-order valence-corrected chi connectivity index (χ0v) is 18.6. The number of nitrogens with zero attached hydrogens (tertiary/aromatic N) is 4. The van der Waals surface area contributed by atoms with Crippen molar-refractivity contribution in [1.29, 1.82) is 0 Å². The third-order valence-corrected chi connectivity index (χ3v) is 7.40. The summed E-state index contributed by atoms with van der Waals surface area (Å²) in [6, 6.07) is 0.573. The van der Waals surface area contributed by atoms with E-state index in [9.17, 15) is 4.79 Å². The first-order valence-corrected chi connectivity index (χ1v) is 11.6. The van der Waals surface area contributed by atoms with Crippen LogP contribution in [0.15, 0.2) is 35.9 Å². The minimum Gasteiger partial charge on any atom is -0.473 e. The maximum Gasteiger partial charge on any atom is 0.325 e. The van der Waals surface area contributed by atoms with E-state index in [2.05, 4.69) is 45.8 Å². The molecule has 4 saturated heterocycles. The summed E-state index contributed by atoms with van der Waals surface area (Å²) in [4.78, 5) is 21.8. The van der Waals surface area contributed by atoms with Crippen molar-refractivity contribution >= 4 is 6.03 Å². The molecule has 6 aliphatic rings. The van der Waals surface area contributed by atoms with Crippen LogP contribution in [0.5, 0.6) is 0 Å². The number of nitrogens with one attached hydrogen (secondary N) is 1. The molecule has 0 saturated carbocycles. The molecule has 2 amide bonds. The molecule has 6 rings (SSSR count). The Balaban J connectivity index is 1.18. The van der Waals surface area contributed by atoms with E-state index in [0.29, 0.717) is 17.7 Å². The van der Waals surface area contributed by atoms with Crippen molar-refractivity contribution in [3.8, 4) is 11.8 Å². The number of fused-ring (bicyclic) bond motifs is 4. The second kappa shape index (κ2) is 8.70. The molecule has 6 aliphatic heterocycles. The number of piperidine rings is 3. The van der Waals surface area contributed by atoms with E-state index in [1.165, 1.54) is 12.8 Å². The second-order valence-corrected chi connectivity index (χ2v) is 9.40. The van der Waals surface area contributed by atoms with Crippen LogP contribution in [0.1, 0.15) is 19.8 Å². The Labute approximate surface area is 185 Å². The van der Waals surface area contributed by atoms with E-state index in [1.807, 2.05) is 24.6 Å². The molecular formula is C24H33N5O2. The van der Waals surface area contributed by atoms with Crippen LogP contribution in [-0.4, -0.2) is 96.7 Å². The van der Waals surface area contributed by atoms with Gasteiger partial charge in [0.25, 0.3) is 0 Å². The molecule has 7 nitrogen and oxygen atoms in total. The minimum atomic E-state index is -0.146. The van der Waals surface area contributed by atoms with Gasteiger partial charge in [0, 0.05) is 56.2 Å². The molecule has 166 valence electrons. The van der Waals surface area contributed by atoms with Crippen LogP contribution in [0, 0.1) is 17.8 Å². The van der Waals surface area contributed by atoms with Crippen LogP contribution in [0.2, 0.25) is 0 Å². The third kappa shape index (κ3) is 4.38. The lowest BCUT2D eigenvalue weighted by Crippen LogP contribution is -2.63. The maximum absolute atomic E-state index is 12.9. The molecule has 3 atom stereocenters. The number of piperazine rings is 1. The van der Waals surface area contributed by atoms with Crippen LogP contribution in [0.3, 0.4) is 0 Å². The van der Waals surface area contributed by atoms with Crippen molar-refractivity contribution in [3.05, 3.63) is 35.9 Å². The fourth-order valence-electron chi connectivity index (χ4n) is 5.31. The Morgan fingerprint density at radius 2 is 1.97 bits per heavy atom. The quantitative estimate of drug-likeness (QED) is 0.681. The first-order valence-electron chi connectivity index (χ1n) is 11.6. The van der Waals surface area contributed by atoms with E-state index in [0.717, 1.165) is 51.4 Å². The van der Waals surface area contributed by atoms with Crippen LogP contribution in [0.4, 0.5) is 4.79 Å². The fraction of sp³-hybridized carbons (Fsp3) is 0.625. The second-order valence-electron chi connectivity index (χ2n) is 9.40. The predicted molar refractivity (Wildman–Crippen MR) is 120 cm³/mol. The molecule has 31 heavy (non-hydrogen) atoms. The Morgan fingerprint density at radius 1 is 1.19 bits per heavy atom. The topological polar surface area (TPSA) is 51.3 Å². The molecule has 6 heterocycles. The van der Waals surface area contributed by atoms with Gasteiger partial charge in [-0.1, -0.05) is 5.92 Å². The van der Waals surface area contributed by atoms with E-state index < -0.39 is 0 Å². The molecule has 0 spiro atoms. The lowest BCUT2D eigenvalue weighted by atomic mass is 9.79. The van der Waals surface area contributed by atoms with Gasteiger partial charge in [-0.05, 0) is 63.9 Å². The molecule has 0 aromatic heterocycles. The van der Waals surface area contributed by atoms with Crippen LogP contribution < -0.4 is 5.32 Å². The molecule has 0 aromatic rings. The Kier molecular flexibility index (Phi) is 5.79. The monoisotopic (exact) mass is 423 g/mol. The summed E-state index contributed by atoms with van der Waals surface area (Å²) >= 11 is 0. The fourth-order valence-corrected chi connectivity index (χ4v) is 5.31. The molecule has 2 bridgehead atoms. The third-order valence-electron chi connectivity index (χ3n) is 7.40. The highest BCUT2D eigenvalue weighted by molar-refractivity contribution is 5.77. The van der Waals surface area contributed by atoms with E-state index in [-0.39, 0.29) is 18.2 Å². The number of rotatable bonds is 2. The lowest BCUT2D eigenvalue weighted by Gasteiger charge is -2.50. The van der Waals surface area contributed by atoms with Crippen molar-refractivity contribution in [2.24, 2.45) is 5.92 Å². The van der Waals surface area contributed by atoms with Gasteiger partial charge in [-0.25, -0.2) is 4.79 Å². The molecular weight excluding hydrogens is 390 g/mol. The highest BCUT2D eigenvalue weighted by atomic mass is 16.5. The average molecular weight is 424 g/mol. The first-order chi connectivity index (χ1) is 15.1. The molecule has 0 radical (unpaired) electrons. The van der Waals surface area contributed by atoms with Gasteiger partial charge < -0.3 is 15.0 Å². The van der Waals surface area contributed by atoms with Gasteiger partial charge >= 0.3 is 6.03 Å². The van der Waals surface area contributed by atoms with Crippen molar-refractivity contribution < 1.29 is 9.53 Å². The minimum absolute atomic E-state index is 0.0594. The largest absolute Gasteiger partial charge is 0.473 e. The number of allylic oxidation sites excluding steroid dienone is 1. The van der Waals surface area contributed by atoms with E-state index in [4.69, 9.17) is 4.74 Å². The summed E-state index contributed by atoms with van der Waals surface area (Å²) < 4.78 is 5.95. The number of ether oxygens (including phenoxy) is 1. The number of likely N-dealkylation sites (N-methyl/N-ethyl adjacent to an activating group) is 1. The van der Waals surface area contributed by atoms with Crippen molar-refractivity contribution in [3.63, 3.8) is 0 Å². The zero-order valence-electron chi connectivity index (χ0n) is 18.6. The average Bonchev–Trinajstić information content (AvgIpc) is 3.20. The number of carbonyl (C=O) groups excluding carboxylic acids is 1.